The first-order valence-electron chi connectivity index (χ1n) is 6.60. The monoisotopic (exact) mass is 341 g/mol. The van der Waals surface area contributed by atoms with E-state index in [4.69, 9.17) is 5.73 Å². The van der Waals surface area contributed by atoms with Crippen molar-refractivity contribution >= 4 is 30.7 Å². The van der Waals surface area contributed by atoms with E-state index in [0.29, 0.717) is 13.0 Å². The molecule has 0 aliphatic carbocycles. The predicted octanol–water partition coefficient (Wildman–Crippen LogP) is 2.45. The number of nitrogens with two attached hydrogens (primary N) is 1. The van der Waals surface area contributed by atoms with Crippen LogP contribution in [0.5, 0.6) is 0 Å². The lowest BCUT2D eigenvalue weighted by Crippen LogP contribution is -2.42. The number of amides is 1. The normalized spacial score (nSPS) is 10.8. The fraction of sp³-hybridized carbons (Fsp3) is 0.250. The average Bonchev–Trinajstić information content (AvgIpc) is 2.48. The second-order valence-corrected chi connectivity index (χ2v) is 4.85. The van der Waals surface area contributed by atoms with Gasteiger partial charge in [0, 0.05) is 26.0 Å². The Kier molecular flexibility index (Phi) is 9.42. The summed E-state index contributed by atoms with van der Waals surface area (Å²) in [5, 5.41) is 0. The topological polar surface area (TPSA) is 59.2 Å². The molecule has 4 nitrogen and oxygen atoms in total. The first kappa shape index (κ1) is 20.4. The van der Waals surface area contributed by atoms with E-state index in [1.807, 2.05) is 42.5 Å². The quantitative estimate of drug-likeness (QED) is 0.908. The van der Waals surface area contributed by atoms with Crippen molar-refractivity contribution in [3.05, 3.63) is 66.0 Å². The van der Waals surface area contributed by atoms with Crippen LogP contribution >= 0.6 is 24.8 Å². The summed E-state index contributed by atoms with van der Waals surface area (Å²) >= 11 is 0. The van der Waals surface area contributed by atoms with Crippen LogP contribution in [0.25, 0.3) is 0 Å². The van der Waals surface area contributed by atoms with Crippen LogP contribution in [0.2, 0.25) is 0 Å². The molecule has 1 amide bonds. The molecule has 120 valence electrons. The maximum Gasteiger partial charge on any atom is 0.239 e. The zero-order valence-electron chi connectivity index (χ0n) is 12.4. The Bertz CT molecular complexity index is 502. The summed E-state index contributed by atoms with van der Waals surface area (Å²) in [4.78, 5) is 17.9. The fourth-order valence-electron chi connectivity index (χ4n) is 2.08. The lowest BCUT2D eigenvalue weighted by Gasteiger charge is -2.21. The zero-order chi connectivity index (χ0) is 14.4. The summed E-state index contributed by atoms with van der Waals surface area (Å²) in [6.45, 7) is 0.545. The van der Waals surface area contributed by atoms with E-state index in [1.165, 1.54) is 0 Å². The highest BCUT2D eigenvalue weighted by atomic mass is 35.5. The molecule has 0 spiro atoms. The third kappa shape index (κ3) is 6.02. The Morgan fingerprint density at radius 3 is 2.27 bits per heavy atom. The van der Waals surface area contributed by atoms with Gasteiger partial charge in [-0.2, -0.15) is 0 Å². The molecule has 2 rings (SSSR count). The van der Waals surface area contributed by atoms with Crippen LogP contribution < -0.4 is 5.73 Å². The standard InChI is InChI=1S/C16H19N3O.2ClH/c1-19(12-14-7-9-18-10-8-14)16(20)15(17)11-13-5-3-2-4-6-13;;/h2-10,15H,11-12,17H2,1H3;2*1H/t15-;;/m0../s1. The molecular formula is C16H21Cl2N3O. The van der Waals surface area contributed by atoms with E-state index in [9.17, 15) is 4.79 Å². The smallest absolute Gasteiger partial charge is 0.239 e. The average molecular weight is 342 g/mol. The lowest BCUT2D eigenvalue weighted by molar-refractivity contribution is -0.131. The maximum absolute atomic E-state index is 12.2. The van der Waals surface area contributed by atoms with Gasteiger partial charge in [-0.3, -0.25) is 9.78 Å². The van der Waals surface area contributed by atoms with Gasteiger partial charge in [-0.05, 0) is 29.7 Å². The summed E-state index contributed by atoms with van der Waals surface area (Å²) in [7, 11) is 1.77. The van der Waals surface area contributed by atoms with Crippen molar-refractivity contribution in [3.8, 4) is 0 Å². The Hall–Kier alpha value is -1.62. The molecule has 0 saturated heterocycles. The summed E-state index contributed by atoms with van der Waals surface area (Å²) < 4.78 is 0. The van der Waals surface area contributed by atoms with Crippen LogP contribution in [-0.4, -0.2) is 28.9 Å². The van der Waals surface area contributed by atoms with Crippen molar-refractivity contribution < 1.29 is 4.79 Å². The number of aromatic nitrogens is 1. The highest BCUT2D eigenvalue weighted by Crippen LogP contribution is 2.06. The SMILES string of the molecule is CN(Cc1ccncc1)C(=O)[C@@H](N)Cc1ccccc1.Cl.Cl. The van der Waals surface area contributed by atoms with Crippen LogP contribution in [0.4, 0.5) is 0 Å². The van der Waals surface area contributed by atoms with E-state index in [1.54, 1.807) is 24.3 Å². The van der Waals surface area contributed by atoms with Crippen molar-refractivity contribution in [2.75, 3.05) is 7.05 Å². The van der Waals surface area contributed by atoms with Crippen LogP contribution in [0, 0.1) is 0 Å². The first-order chi connectivity index (χ1) is 9.66. The number of hydrogen-bond donors (Lipinski definition) is 1. The summed E-state index contributed by atoms with van der Waals surface area (Å²) in [5.74, 6) is -0.0503. The molecule has 0 aliphatic heterocycles. The number of carbonyl (C=O) groups excluding carboxylic acids is 1. The van der Waals surface area contributed by atoms with Gasteiger partial charge in [0.1, 0.15) is 0 Å². The van der Waals surface area contributed by atoms with Gasteiger partial charge in [0.15, 0.2) is 0 Å². The summed E-state index contributed by atoms with van der Waals surface area (Å²) in [5.41, 5.74) is 8.12. The molecule has 0 unspecified atom stereocenters. The molecule has 0 fully saturated rings. The van der Waals surface area contributed by atoms with Gasteiger partial charge < -0.3 is 10.6 Å². The van der Waals surface area contributed by atoms with Crippen molar-refractivity contribution in [3.63, 3.8) is 0 Å². The molecule has 0 saturated carbocycles. The highest BCUT2D eigenvalue weighted by molar-refractivity contribution is 5.85. The predicted molar refractivity (Wildman–Crippen MR) is 93.3 cm³/mol. The minimum Gasteiger partial charge on any atom is -0.340 e. The second-order valence-electron chi connectivity index (χ2n) is 4.85. The minimum absolute atomic E-state index is 0. The van der Waals surface area contributed by atoms with Gasteiger partial charge in [-0.1, -0.05) is 30.3 Å². The van der Waals surface area contributed by atoms with Crippen molar-refractivity contribution in [1.82, 2.24) is 9.88 Å². The Morgan fingerprint density at radius 2 is 1.68 bits per heavy atom. The first-order valence-corrected chi connectivity index (χ1v) is 6.60. The number of pyridine rings is 1. The Morgan fingerprint density at radius 1 is 1.09 bits per heavy atom. The van der Waals surface area contributed by atoms with E-state index in [-0.39, 0.29) is 30.7 Å². The molecule has 2 aromatic rings. The van der Waals surface area contributed by atoms with Gasteiger partial charge in [0.05, 0.1) is 6.04 Å². The molecule has 0 bridgehead atoms. The van der Waals surface area contributed by atoms with E-state index >= 15 is 0 Å². The van der Waals surface area contributed by atoms with Gasteiger partial charge in [0.25, 0.3) is 0 Å². The zero-order valence-corrected chi connectivity index (χ0v) is 14.0. The van der Waals surface area contributed by atoms with E-state index < -0.39 is 6.04 Å². The molecule has 0 aliphatic rings. The Balaban J connectivity index is 0.00000220. The number of halogens is 2. The van der Waals surface area contributed by atoms with E-state index in [0.717, 1.165) is 11.1 Å². The molecule has 1 aromatic heterocycles. The van der Waals surface area contributed by atoms with Gasteiger partial charge in [-0.15, -0.1) is 24.8 Å². The third-order valence-electron chi connectivity index (χ3n) is 3.16. The highest BCUT2D eigenvalue weighted by Gasteiger charge is 2.18. The van der Waals surface area contributed by atoms with Crippen molar-refractivity contribution in [1.29, 1.82) is 0 Å². The molecular weight excluding hydrogens is 321 g/mol. The van der Waals surface area contributed by atoms with Gasteiger partial charge in [0.2, 0.25) is 5.91 Å². The van der Waals surface area contributed by atoms with Crippen molar-refractivity contribution in [2.45, 2.75) is 19.0 Å². The lowest BCUT2D eigenvalue weighted by atomic mass is 10.1. The van der Waals surface area contributed by atoms with Crippen LogP contribution in [0.3, 0.4) is 0 Å². The maximum atomic E-state index is 12.2. The second kappa shape index (κ2) is 10.2. The number of rotatable bonds is 5. The Labute approximate surface area is 143 Å². The van der Waals surface area contributed by atoms with E-state index in [2.05, 4.69) is 4.98 Å². The van der Waals surface area contributed by atoms with Crippen molar-refractivity contribution in [2.24, 2.45) is 5.73 Å². The minimum atomic E-state index is -0.510. The van der Waals surface area contributed by atoms with Crippen LogP contribution in [-0.2, 0) is 17.8 Å². The van der Waals surface area contributed by atoms with Crippen LogP contribution in [0.1, 0.15) is 11.1 Å². The number of carbonyl (C=O) groups is 1. The number of nitrogens with zero attached hydrogens (tertiary/aromatic N) is 2. The van der Waals surface area contributed by atoms with Crippen LogP contribution in [0.15, 0.2) is 54.9 Å². The number of hydrogen-bond acceptors (Lipinski definition) is 3. The van der Waals surface area contributed by atoms with Gasteiger partial charge in [-0.25, -0.2) is 0 Å². The third-order valence-corrected chi connectivity index (χ3v) is 3.16. The molecule has 1 atom stereocenters. The molecule has 2 N–H and O–H groups in total. The summed E-state index contributed by atoms with van der Waals surface area (Å²) in [6.07, 6.45) is 4.00. The molecule has 1 heterocycles. The summed E-state index contributed by atoms with van der Waals surface area (Å²) in [6, 6.07) is 13.1. The fourth-order valence-corrected chi connectivity index (χ4v) is 2.08. The largest absolute Gasteiger partial charge is 0.340 e. The van der Waals surface area contributed by atoms with Gasteiger partial charge >= 0.3 is 0 Å². The number of benzene rings is 1. The molecule has 0 radical (unpaired) electrons. The molecule has 22 heavy (non-hydrogen) atoms. The number of likely N-dealkylation sites (N-methyl/N-ethyl adjacent to an activating group) is 1. The molecule has 6 heteroatoms. The molecule has 1 aromatic carbocycles.